The van der Waals surface area contributed by atoms with Crippen molar-refractivity contribution in [3.63, 3.8) is 0 Å². The number of amides is 3. The summed E-state index contributed by atoms with van der Waals surface area (Å²) in [6.07, 6.45) is 2.74. The molecule has 0 spiro atoms. The fourth-order valence-electron chi connectivity index (χ4n) is 3.30. The van der Waals surface area contributed by atoms with E-state index >= 15 is 0 Å². The van der Waals surface area contributed by atoms with E-state index < -0.39 is 23.8 Å². The van der Waals surface area contributed by atoms with Gasteiger partial charge in [-0.2, -0.15) is 0 Å². The first-order valence-electron chi connectivity index (χ1n) is 11.7. The van der Waals surface area contributed by atoms with Crippen LogP contribution in [0.5, 0.6) is 0 Å². The topological polar surface area (TPSA) is 87.7 Å². The van der Waals surface area contributed by atoms with Crippen LogP contribution in [0, 0.1) is 0 Å². The summed E-state index contributed by atoms with van der Waals surface area (Å²) < 4.78 is 5.28. The zero-order valence-corrected chi connectivity index (χ0v) is 20.8. The summed E-state index contributed by atoms with van der Waals surface area (Å²) in [5.74, 6) is -0.540. The van der Waals surface area contributed by atoms with Crippen molar-refractivity contribution in [2.45, 2.75) is 91.8 Å². The van der Waals surface area contributed by atoms with Gasteiger partial charge >= 0.3 is 6.09 Å². The zero-order valence-electron chi connectivity index (χ0n) is 20.8. The van der Waals surface area contributed by atoms with Gasteiger partial charge in [0.25, 0.3) is 0 Å². The summed E-state index contributed by atoms with van der Waals surface area (Å²) in [4.78, 5) is 40.3. The average Bonchev–Trinajstić information content (AvgIpc) is 2.72. The maximum absolute atomic E-state index is 13.4. The molecule has 180 valence electrons. The molecule has 0 saturated heterocycles. The molecule has 0 saturated carbocycles. The third-order valence-corrected chi connectivity index (χ3v) is 4.94. The Hall–Kier alpha value is -2.57. The average molecular weight is 448 g/mol. The highest BCUT2D eigenvalue weighted by atomic mass is 16.6. The smallest absolute Gasteiger partial charge is 0.408 e. The predicted octanol–water partition coefficient (Wildman–Crippen LogP) is 4.36. The summed E-state index contributed by atoms with van der Waals surface area (Å²) >= 11 is 0. The minimum Gasteiger partial charge on any atom is -0.444 e. The number of aryl methyl sites for hydroxylation is 1. The van der Waals surface area contributed by atoms with E-state index in [1.54, 1.807) is 32.6 Å². The SMILES string of the molecule is CCCCNC(=O)C(c1ccc(CC)cc1)N(CCC)C(=O)C(C)NC(=O)OC(C)(C)C. The maximum atomic E-state index is 13.4. The molecule has 0 aromatic heterocycles. The maximum Gasteiger partial charge on any atom is 0.408 e. The van der Waals surface area contributed by atoms with Crippen molar-refractivity contribution in [3.05, 3.63) is 35.4 Å². The lowest BCUT2D eigenvalue weighted by atomic mass is 10.0. The Bertz CT molecular complexity index is 741. The molecule has 0 bridgehead atoms. The van der Waals surface area contributed by atoms with E-state index in [2.05, 4.69) is 24.5 Å². The largest absolute Gasteiger partial charge is 0.444 e. The zero-order chi connectivity index (χ0) is 24.3. The second kappa shape index (κ2) is 13.1. The number of nitrogens with zero attached hydrogens (tertiary/aromatic N) is 1. The fourth-order valence-corrected chi connectivity index (χ4v) is 3.30. The van der Waals surface area contributed by atoms with E-state index in [0.29, 0.717) is 19.5 Å². The number of hydrogen-bond donors (Lipinski definition) is 2. The molecule has 2 atom stereocenters. The van der Waals surface area contributed by atoms with E-state index in [0.717, 1.165) is 30.4 Å². The molecule has 0 aliphatic heterocycles. The van der Waals surface area contributed by atoms with Gasteiger partial charge in [0.05, 0.1) is 0 Å². The first-order valence-corrected chi connectivity index (χ1v) is 11.7. The Kier molecular flexibility index (Phi) is 11.2. The number of alkyl carbamates (subject to hydrolysis) is 1. The lowest BCUT2D eigenvalue weighted by Gasteiger charge is -2.33. The van der Waals surface area contributed by atoms with E-state index in [-0.39, 0.29) is 11.8 Å². The quantitative estimate of drug-likeness (QED) is 0.494. The molecule has 1 rings (SSSR count). The first-order chi connectivity index (χ1) is 15.0. The molecule has 0 heterocycles. The van der Waals surface area contributed by atoms with Crippen molar-refractivity contribution in [2.75, 3.05) is 13.1 Å². The molecule has 2 unspecified atom stereocenters. The molecule has 7 heteroatoms. The second-order valence-electron chi connectivity index (χ2n) is 9.04. The van der Waals surface area contributed by atoms with Crippen LogP contribution in [0.4, 0.5) is 4.79 Å². The monoisotopic (exact) mass is 447 g/mol. The number of carbonyl (C=O) groups is 3. The van der Waals surface area contributed by atoms with Gasteiger partial charge in [-0.3, -0.25) is 9.59 Å². The van der Waals surface area contributed by atoms with Crippen molar-refractivity contribution in [2.24, 2.45) is 0 Å². The number of rotatable bonds is 11. The molecule has 3 amide bonds. The van der Waals surface area contributed by atoms with Gasteiger partial charge in [-0.05, 0) is 58.1 Å². The molecule has 2 N–H and O–H groups in total. The number of ether oxygens (including phenoxy) is 1. The second-order valence-corrected chi connectivity index (χ2v) is 9.04. The highest BCUT2D eigenvalue weighted by Crippen LogP contribution is 2.24. The first kappa shape index (κ1) is 27.5. The van der Waals surface area contributed by atoms with Crippen LogP contribution in [0.25, 0.3) is 0 Å². The fraction of sp³-hybridized carbons (Fsp3) is 0.640. The lowest BCUT2D eigenvalue weighted by Crippen LogP contribution is -2.52. The van der Waals surface area contributed by atoms with E-state index in [4.69, 9.17) is 4.74 Å². The highest BCUT2D eigenvalue weighted by Gasteiger charge is 2.34. The molecule has 7 nitrogen and oxygen atoms in total. The third kappa shape index (κ3) is 8.89. The Morgan fingerprint density at radius 2 is 1.66 bits per heavy atom. The Morgan fingerprint density at radius 3 is 2.16 bits per heavy atom. The lowest BCUT2D eigenvalue weighted by molar-refractivity contribution is -0.142. The van der Waals surface area contributed by atoms with Crippen LogP contribution in [-0.2, 0) is 20.7 Å². The normalized spacial score (nSPS) is 13.1. The van der Waals surface area contributed by atoms with Gasteiger partial charge in [0.15, 0.2) is 0 Å². The molecule has 0 aliphatic carbocycles. The highest BCUT2D eigenvalue weighted by molar-refractivity contribution is 5.91. The molecule has 1 aromatic carbocycles. The molecule has 1 aromatic rings. The van der Waals surface area contributed by atoms with Crippen LogP contribution in [0.2, 0.25) is 0 Å². The molecule has 0 aliphatic rings. The number of unbranched alkanes of at least 4 members (excludes halogenated alkanes) is 1. The van der Waals surface area contributed by atoms with Gasteiger partial charge < -0.3 is 20.3 Å². The summed E-state index contributed by atoms with van der Waals surface area (Å²) in [6.45, 7) is 13.9. The Morgan fingerprint density at radius 1 is 1.03 bits per heavy atom. The molecule has 0 radical (unpaired) electrons. The van der Waals surface area contributed by atoms with Crippen molar-refractivity contribution < 1.29 is 19.1 Å². The predicted molar refractivity (Wildman–Crippen MR) is 127 cm³/mol. The van der Waals surface area contributed by atoms with Gasteiger partial charge in [-0.25, -0.2) is 4.79 Å². The van der Waals surface area contributed by atoms with Crippen molar-refractivity contribution in [1.82, 2.24) is 15.5 Å². The summed E-state index contributed by atoms with van der Waals surface area (Å²) in [7, 11) is 0. The Labute approximate surface area is 193 Å². The molecule has 32 heavy (non-hydrogen) atoms. The van der Waals surface area contributed by atoms with Gasteiger partial charge in [0.2, 0.25) is 11.8 Å². The number of carbonyl (C=O) groups excluding carboxylic acids is 3. The summed E-state index contributed by atoms with van der Waals surface area (Å²) in [6, 6.07) is 6.18. The Balaban J connectivity index is 3.19. The number of nitrogens with one attached hydrogen (secondary N) is 2. The van der Waals surface area contributed by atoms with Crippen LogP contribution in [0.15, 0.2) is 24.3 Å². The standard InChI is InChI=1S/C25H41N3O4/c1-8-11-16-26-22(29)21(20-14-12-19(10-3)13-15-20)28(17-9-2)23(30)18(4)27-24(31)32-25(5,6)7/h12-15,18,21H,8-11,16-17H2,1-7H3,(H,26,29)(H,27,31). The van der Waals surface area contributed by atoms with Crippen LogP contribution >= 0.6 is 0 Å². The van der Waals surface area contributed by atoms with Crippen LogP contribution in [0.3, 0.4) is 0 Å². The van der Waals surface area contributed by atoms with E-state index in [1.807, 2.05) is 31.2 Å². The number of hydrogen-bond acceptors (Lipinski definition) is 4. The van der Waals surface area contributed by atoms with E-state index in [9.17, 15) is 14.4 Å². The molecular formula is C25H41N3O4. The minimum absolute atomic E-state index is 0.214. The van der Waals surface area contributed by atoms with Gasteiger partial charge in [0.1, 0.15) is 17.7 Å². The van der Waals surface area contributed by atoms with Gasteiger partial charge in [0, 0.05) is 13.1 Å². The van der Waals surface area contributed by atoms with Crippen LogP contribution in [-0.4, -0.2) is 47.5 Å². The molecular weight excluding hydrogens is 406 g/mol. The van der Waals surface area contributed by atoms with Crippen molar-refractivity contribution >= 4 is 17.9 Å². The summed E-state index contributed by atoms with van der Waals surface area (Å²) in [5.41, 5.74) is 1.24. The number of benzene rings is 1. The minimum atomic E-state index is -0.836. The van der Waals surface area contributed by atoms with Crippen LogP contribution in [0.1, 0.15) is 84.9 Å². The summed E-state index contributed by atoms with van der Waals surface area (Å²) in [5, 5.41) is 5.58. The molecule has 0 fully saturated rings. The van der Waals surface area contributed by atoms with E-state index in [1.165, 1.54) is 0 Å². The van der Waals surface area contributed by atoms with Crippen molar-refractivity contribution in [3.8, 4) is 0 Å². The van der Waals surface area contributed by atoms with Crippen LogP contribution < -0.4 is 10.6 Å². The van der Waals surface area contributed by atoms with Gasteiger partial charge in [-0.15, -0.1) is 0 Å². The van der Waals surface area contributed by atoms with Crippen molar-refractivity contribution in [1.29, 1.82) is 0 Å². The van der Waals surface area contributed by atoms with Gasteiger partial charge in [-0.1, -0.05) is 51.5 Å². The third-order valence-electron chi connectivity index (χ3n) is 4.94.